The molecule has 3 amide bonds. The van der Waals surface area contributed by atoms with Crippen LogP contribution < -0.4 is 10.2 Å². The molecular weight excluding hydrogens is 341 g/mol. The Balaban J connectivity index is 1.72. The van der Waals surface area contributed by atoms with Crippen LogP contribution in [0, 0.1) is 5.82 Å². The summed E-state index contributed by atoms with van der Waals surface area (Å²) in [6.07, 6.45) is 2.17. The Morgan fingerprint density at radius 2 is 2.27 bits per heavy atom. The van der Waals surface area contributed by atoms with Gasteiger partial charge < -0.3 is 15.0 Å². The van der Waals surface area contributed by atoms with E-state index in [9.17, 15) is 18.8 Å². The number of amides is 3. The van der Waals surface area contributed by atoms with Crippen molar-refractivity contribution >= 4 is 29.7 Å². The van der Waals surface area contributed by atoms with Gasteiger partial charge in [-0.3, -0.25) is 14.5 Å². The third-order valence-electron chi connectivity index (χ3n) is 4.45. The highest BCUT2D eigenvalue weighted by Gasteiger charge is 2.32. The van der Waals surface area contributed by atoms with Crippen molar-refractivity contribution in [2.24, 2.45) is 0 Å². The zero-order chi connectivity index (χ0) is 18.7. The SMILES string of the molecule is CC(=O)NCC1CN(c2ccc(C3=CCN(C=O)CC3)c(F)c2)C(=O)O1. The van der Waals surface area contributed by atoms with Gasteiger partial charge in [0, 0.05) is 25.6 Å². The van der Waals surface area contributed by atoms with Crippen LogP contribution in [0.5, 0.6) is 0 Å². The lowest BCUT2D eigenvalue weighted by atomic mass is 9.98. The number of hydrogen-bond acceptors (Lipinski definition) is 4. The van der Waals surface area contributed by atoms with Crippen molar-refractivity contribution in [3.8, 4) is 0 Å². The third kappa shape index (κ3) is 3.84. The molecule has 8 heteroatoms. The fraction of sp³-hybridized carbons (Fsp3) is 0.389. The molecule has 7 nitrogen and oxygen atoms in total. The second kappa shape index (κ2) is 7.55. The standard InChI is InChI=1S/C18H20FN3O4/c1-12(24)20-9-15-10-22(18(25)26-15)14-2-3-16(17(19)8-14)13-4-6-21(11-23)7-5-13/h2-4,8,11,15H,5-7,9-10H2,1H3,(H,20,24). The van der Waals surface area contributed by atoms with Crippen LogP contribution in [0.2, 0.25) is 0 Å². The average Bonchev–Trinajstić information content (AvgIpc) is 3.01. The zero-order valence-electron chi connectivity index (χ0n) is 14.4. The molecule has 0 radical (unpaired) electrons. The van der Waals surface area contributed by atoms with Crippen molar-refractivity contribution in [2.75, 3.05) is 31.1 Å². The van der Waals surface area contributed by atoms with Crippen molar-refractivity contribution < 1.29 is 23.5 Å². The lowest BCUT2D eigenvalue weighted by Crippen LogP contribution is -2.33. The summed E-state index contributed by atoms with van der Waals surface area (Å²) >= 11 is 0. The average molecular weight is 361 g/mol. The molecule has 138 valence electrons. The summed E-state index contributed by atoms with van der Waals surface area (Å²) < 4.78 is 19.8. The Kier molecular flexibility index (Phi) is 5.20. The molecule has 0 bridgehead atoms. The predicted octanol–water partition coefficient (Wildman–Crippen LogP) is 1.53. The second-order valence-corrected chi connectivity index (χ2v) is 6.30. The van der Waals surface area contributed by atoms with Crippen LogP contribution in [0.3, 0.4) is 0 Å². The maximum Gasteiger partial charge on any atom is 0.414 e. The smallest absolute Gasteiger partial charge is 0.414 e. The highest BCUT2D eigenvalue weighted by atomic mass is 19.1. The predicted molar refractivity (Wildman–Crippen MR) is 92.9 cm³/mol. The van der Waals surface area contributed by atoms with Gasteiger partial charge in [0.2, 0.25) is 12.3 Å². The Morgan fingerprint density at radius 1 is 1.46 bits per heavy atom. The summed E-state index contributed by atoms with van der Waals surface area (Å²) in [5.41, 5.74) is 1.73. The Hall–Kier alpha value is -2.90. The van der Waals surface area contributed by atoms with Gasteiger partial charge in [-0.25, -0.2) is 9.18 Å². The van der Waals surface area contributed by atoms with Crippen LogP contribution in [-0.2, 0) is 14.3 Å². The monoisotopic (exact) mass is 361 g/mol. The molecule has 0 saturated carbocycles. The van der Waals surface area contributed by atoms with Crippen molar-refractivity contribution in [3.05, 3.63) is 35.7 Å². The van der Waals surface area contributed by atoms with Crippen LogP contribution in [0.1, 0.15) is 18.9 Å². The van der Waals surface area contributed by atoms with Gasteiger partial charge in [0.1, 0.15) is 11.9 Å². The summed E-state index contributed by atoms with van der Waals surface area (Å²) in [6.45, 7) is 2.87. The number of benzene rings is 1. The first kappa shape index (κ1) is 17.9. The molecule has 1 aromatic carbocycles. The van der Waals surface area contributed by atoms with E-state index < -0.39 is 18.0 Å². The molecule has 2 aliphatic heterocycles. The van der Waals surface area contributed by atoms with E-state index in [1.54, 1.807) is 17.0 Å². The van der Waals surface area contributed by atoms with E-state index in [-0.39, 0.29) is 19.0 Å². The maximum atomic E-state index is 14.6. The van der Waals surface area contributed by atoms with Gasteiger partial charge in [-0.05, 0) is 30.2 Å². The van der Waals surface area contributed by atoms with Crippen LogP contribution in [0.15, 0.2) is 24.3 Å². The molecule has 1 N–H and O–H groups in total. The first-order valence-corrected chi connectivity index (χ1v) is 8.39. The van der Waals surface area contributed by atoms with Crippen molar-refractivity contribution in [1.29, 1.82) is 0 Å². The van der Waals surface area contributed by atoms with Gasteiger partial charge in [0.15, 0.2) is 0 Å². The van der Waals surface area contributed by atoms with Crippen molar-refractivity contribution in [3.63, 3.8) is 0 Å². The number of anilines is 1. The molecule has 0 spiro atoms. The number of cyclic esters (lactones) is 1. The molecule has 0 aliphatic carbocycles. The number of ether oxygens (including phenoxy) is 1. The van der Waals surface area contributed by atoms with Gasteiger partial charge in [-0.2, -0.15) is 0 Å². The number of nitrogens with zero attached hydrogens (tertiary/aromatic N) is 2. The van der Waals surface area contributed by atoms with Crippen LogP contribution in [-0.4, -0.2) is 55.6 Å². The minimum absolute atomic E-state index is 0.205. The van der Waals surface area contributed by atoms with E-state index in [1.807, 2.05) is 6.08 Å². The van der Waals surface area contributed by atoms with Gasteiger partial charge in [-0.1, -0.05) is 6.08 Å². The largest absolute Gasteiger partial charge is 0.442 e. The molecule has 3 rings (SSSR count). The molecule has 26 heavy (non-hydrogen) atoms. The van der Waals surface area contributed by atoms with E-state index in [0.29, 0.717) is 30.8 Å². The molecule has 1 fully saturated rings. The number of carbonyl (C=O) groups is 3. The first-order valence-electron chi connectivity index (χ1n) is 8.39. The van der Waals surface area contributed by atoms with Gasteiger partial charge in [0.25, 0.3) is 0 Å². The fourth-order valence-corrected chi connectivity index (χ4v) is 3.05. The summed E-state index contributed by atoms with van der Waals surface area (Å²) in [7, 11) is 0. The highest BCUT2D eigenvalue weighted by Crippen LogP contribution is 2.29. The molecule has 2 aliphatic rings. The molecule has 0 aromatic heterocycles. The minimum Gasteiger partial charge on any atom is -0.442 e. The minimum atomic E-state index is -0.564. The summed E-state index contributed by atoms with van der Waals surface area (Å²) in [5.74, 6) is -0.629. The second-order valence-electron chi connectivity index (χ2n) is 6.30. The van der Waals surface area contributed by atoms with Crippen LogP contribution >= 0.6 is 0 Å². The third-order valence-corrected chi connectivity index (χ3v) is 4.45. The maximum absolute atomic E-state index is 14.6. The molecule has 1 unspecified atom stereocenters. The van der Waals surface area contributed by atoms with Gasteiger partial charge in [-0.15, -0.1) is 0 Å². The number of carbonyl (C=O) groups excluding carboxylic acids is 3. The van der Waals surface area contributed by atoms with Crippen LogP contribution in [0.4, 0.5) is 14.9 Å². The van der Waals surface area contributed by atoms with Gasteiger partial charge in [0.05, 0.1) is 18.8 Å². The summed E-state index contributed by atoms with van der Waals surface area (Å²) in [6, 6.07) is 4.62. The molecule has 1 aromatic rings. The molecule has 2 heterocycles. The Morgan fingerprint density at radius 3 is 2.88 bits per heavy atom. The zero-order valence-corrected chi connectivity index (χ0v) is 14.4. The highest BCUT2D eigenvalue weighted by molar-refractivity contribution is 5.90. The van der Waals surface area contributed by atoms with E-state index >= 15 is 0 Å². The van der Waals surface area contributed by atoms with Gasteiger partial charge >= 0.3 is 6.09 Å². The number of nitrogens with one attached hydrogen (secondary N) is 1. The quantitative estimate of drug-likeness (QED) is 0.807. The lowest BCUT2D eigenvalue weighted by Gasteiger charge is -2.23. The molecule has 1 atom stereocenters. The number of hydrogen-bond donors (Lipinski definition) is 1. The number of rotatable bonds is 5. The van der Waals surface area contributed by atoms with E-state index in [0.717, 1.165) is 12.0 Å². The summed E-state index contributed by atoms with van der Waals surface area (Å²) in [5, 5.41) is 2.60. The lowest BCUT2D eigenvalue weighted by molar-refractivity contribution is -0.119. The Labute approximate surface area is 150 Å². The number of halogens is 1. The molecular formula is C18H20FN3O4. The van der Waals surface area contributed by atoms with E-state index in [2.05, 4.69) is 5.32 Å². The van der Waals surface area contributed by atoms with Crippen molar-refractivity contribution in [2.45, 2.75) is 19.4 Å². The summed E-state index contributed by atoms with van der Waals surface area (Å²) in [4.78, 5) is 36.7. The van der Waals surface area contributed by atoms with E-state index in [1.165, 1.54) is 17.9 Å². The topological polar surface area (TPSA) is 79.0 Å². The fourth-order valence-electron chi connectivity index (χ4n) is 3.05. The van der Waals surface area contributed by atoms with E-state index in [4.69, 9.17) is 4.74 Å². The van der Waals surface area contributed by atoms with Crippen LogP contribution in [0.25, 0.3) is 5.57 Å². The first-order chi connectivity index (χ1) is 12.5. The van der Waals surface area contributed by atoms with Crippen molar-refractivity contribution in [1.82, 2.24) is 10.2 Å². The molecule has 1 saturated heterocycles. The Bertz CT molecular complexity index is 765. The normalized spacial score (nSPS) is 19.8.